The molecule has 0 radical (unpaired) electrons. The van der Waals surface area contributed by atoms with E-state index in [1.807, 2.05) is 12.2 Å². The molecule has 1 rings (SSSR count). The maximum Gasteiger partial charge on any atom is 0.307 e. The van der Waals surface area contributed by atoms with E-state index in [0.29, 0.717) is 0 Å². The van der Waals surface area contributed by atoms with Crippen LogP contribution < -0.4 is 0 Å². The third-order valence-electron chi connectivity index (χ3n) is 2.18. The molecule has 0 spiro atoms. The van der Waals surface area contributed by atoms with Crippen molar-refractivity contribution in [1.82, 2.24) is 0 Å². The van der Waals surface area contributed by atoms with Crippen LogP contribution in [-0.4, -0.2) is 11.1 Å². The molecule has 0 bridgehead atoms. The molecule has 0 saturated carbocycles. The van der Waals surface area contributed by atoms with Crippen LogP contribution in [0.15, 0.2) is 24.3 Å². The van der Waals surface area contributed by atoms with Gasteiger partial charge in [-0.25, -0.2) is 4.39 Å². The summed E-state index contributed by atoms with van der Waals surface area (Å²) in [4.78, 5) is 10.5. The second kappa shape index (κ2) is 6.05. The van der Waals surface area contributed by atoms with E-state index in [4.69, 9.17) is 5.11 Å². The van der Waals surface area contributed by atoms with Gasteiger partial charge in [0, 0.05) is 0 Å². The predicted octanol–water partition coefficient (Wildman–Crippen LogP) is 3.27. The Morgan fingerprint density at radius 2 is 2.25 bits per heavy atom. The number of rotatable bonds is 5. The lowest BCUT2D eigenvalue weighted by atomic mass is 10.1. The van der Waals surface area contributed by atoms with Crippen molar-refractivity contribution >= 4 is 12.0 Å². The molecular formula is C13H15FO2. The van der Waals surface area contributed by atoms with Gasteiger partial charge in [0.25, 0.3) is 0 Å². The van der Waals surface area contributed by atoms with Crippen LogP contribution in [0.1, 0.15) is 30.9 Å². The Bertz CT molecular complexity index is 397. The number of aliphatic carboxylic acids is 1. The third kappa shape index (κ3) is 3.85. The lowest BCUT2D eigenvalue weighted by Gasteiger charge is -2.01. The Hall–Kier alpha value is -1.64. The minimum Gasteiger partial charge on any atom is -0.481 e. The molecule has 0 aliphatic rings. The Morgan fingerprint density at radius 3 is 2.88 bits per heavy atom. The Balaban J connectivity index is 2.84. The molecule has 1 aromatic carbocycles. The molecule has 1 N–H and O–H groups in total. The van der Waals surface area contributed by atoms with Crippen molar-refractivity contribution < 1.29 is 14.3 Å². The first kappa shape index (κ1) is 12.4. The summed E-state index contributed by atoms with van der Waals surface area (Å²) in [7, 11) is 0. The van der Waals surface area contributed by atoms with Gasteiger partial charge in [-0.2, -0.15) is 0 Å². The van der Waals surface area contributed by atoms with Crippen molar-refractivity contribution in [3.05, 3.63) is 41.2 Å². The summed E-state index contributed by atoms with van der Waals surface area (Å²) in [6, 6.07) is 4.53. The first-order valence-corrected chi connectivity index (χ1v) is 5.30. The van der Waals surface area contributed by atoms with Gasteiger partial charge in [-0.15, -0.1) is 0 Å². The van der Waals surface area contributed by atoms with Gasteiger partial charge in [-0.1, -0.05) is 31.6 Å². The zero-order valence-electron chi connectivity index (χ0n) is 9.24. The molecule has 16 heavy (non-hydrogen) atoms. The van der Waals surface area contributed by atoms with E-state index in [0.717, 1.165) is 18.4 Å². The molecule has 3 heteroatoms. The van der Waals surface area contributed by atoms with E-state index < -0.39 is 11.8 Å². The average Bonchev–Trinajstić information content (AvgIpc) is 2.22. The minimum atomic E-state index is -1.02. The minimum absolute atomic E-state index is 0.228. The fourth-order valence-corrected chi connectivity index (χ4v) is 1.38. The van der Waals surface area contributed by atoms with Crippen LogP contribution in [0.3, 0.4) is 0 Å². The molecular weight excluding hydrogens is 207 g/mol. The molecule has 0 fully saturated rings. The molecule has 0 aliphatic heterocycles. The van der Waals surface area contributed by atoms with E-state index >= 15 is 0 Å². The second-order valence-electron chi connectivity index (χ2n) is 3.61. The zero-order valence-corrected chi connectivity index (χ0v) is 9.24. The van der Waals surface area contributed by atoms with Gasteiger partial charge in [-0.05, 0) is 29.7 Å². The van der Waals surface area contributed by atoms with Crippen LogP contribution >= 0.6 is 0 Å². The Morgan fingerprint density at radius 1 is 1.50 bits per heavy atom. The summed E-state index contributed by atoms with van der Waals surface area (Å²) in [5.74, 6) is -1.48. The number of benzene rings is 1. The van der Waals surface area contributed by atoms with Crippen molar-refractivity contribution in [2.75, 3.05) is 0 Å². The summed E-state index contributed by atoms with van der Waals surface area (Å²) >= 11 is 0. The monoisotopic (exact) mass is 222 g/mol. The topological polar surface area (TPSA) is 37.3 Å². The zero-order chi connectivity index (χ0) is 12.0. The van der Waals surface area contributed by atoms with Gasteiger partial charge in [0.2, 0.25) is 0 Å². The summed E-state index contributed by atoms with van der Waals surface area (Å²) in [6.07, 6.45) is 5.62. The number of carboxylic acid groups (broad SMARTS) is 1. The first-order chi connectivity index (χ1) is 7.63. The standard InChI is InChI=1S/C13H15FO2/c1-2-3-4-5-10-6-7-12(14)11(8-10)9-13(15)16/h4-8H,2-3,9H2,1H3,(H,15,16)/b5-4+. The molecule has 0 aliphatic carbocycles. The highest BCUT2D eigenvalue weighted by Gasteiger charge is 2.06. The van der Waals surface area contributed by atoms with Crippen LogP contribution in [0.2, 0.25) is 0 Å². The Kier molecular flexibility index (Phi) is 4.70. The Labute approximate surface area is 94.4 Å². The smallest absolute Gasteiger partial charge is 0.307 e. The van der Waals surface area contributed by atoms with E-state index in [1.54, 1.807) is 12.1 Å². The maximum atomic E-state index is 13.2. The molecule has 0 amide bonds. The summed E-state index contributed by atoms with van der Waals surface area (Å²) in [5, 5.41) is 8.61. The largest absolute Gasteiger partial charge is 0.481 e. The normalized spacial score (nSPS) is 10.9. The molecule has 0 heterocycles. The lowest BCUT2D eigenvalue weighted by Crippen LogP contribution is -2.02. The van der Waals surface area contributed by atoms with Gasteiger partial charge < -0.3 is 5.11 Å². The quantitative estimate of drug-likeness (QED) is 0.830. The first-order valence-electron chi connectivity index (χ1n) is 5.30. The number of halogens is 1. The average molecular weight is 222 g/mol. The fourth-order valence-electron chi connectivity index (χ4n) is 1.38. The molecule has 2 nitrogen and oxygen atoms in total. The summed E-state index contributed by atoms with van der Waals surface area (Å²) in [6.45, 7) is 2.07. The van der Waals surface area contributed by atoms with Gasteiger partial charge >= 0.3 is 5.97 Å². The van der Waals surface area contributed by atoms with E-state index in [2.05, 4.69) is 6.92 Å². The van der Waals surface area contributed by atoms with Crippen LogP contribution in [0.5, 0.6) is 0 Å². The molecule has 86 valence electrons. The van der Waals surface area contributed by atoms with Crippen molar-refractivity contribution in [1.29, 1.82) is 0 Å². The number of hydrogen-bond donors (Lipinski definition) is 1. The molecule has 0 unspecified atom stereocenters. The highest BCUT2D eigenvalue weighted by molar-refractivity contribution is 5.70. The summed E-state index contributed by atoms with van der Waals surface area (Å²) in [5.41, 5.74) is 1.07. The van der Waals surface area contributed by atoms with Gasteiger partial charge in [0.15, 0.2) is 0 Å². The fraction of sp³-hybridized carbons (Fsp3) is 0.308. The van der Waals surface area contributed by atoms with E-state index in [1.165, 1.54) is 6.07 Å². The van der Waals surface area contributed by atoms with Crippen molar-refractivity contribution in [3.63, 3.8) is 0 Å². The molecule has 0 saturated heterocycles. The van der Waals surface area contributed by atoms with Crippen molar-refractivity contribution in [2.45, 2.75) is 26.2 Å². The molecule has 0 aromatic heterocycles. The van der Waals surface area contributed by atoms with E-state index in [9.17, 15) is 9.18 Å². The van der Waals surface area contributed by atoms with Gasteiger partial charge in [-0.3, -0.25) is 4.79 Å². The van der Waals surface area contributed by atoms with E-state index in [-0.39, 0.29) is 12.0 Å². The highest BCUT2D eigenvalue weighted by Crippen LogP contribution is 2.13. The summed E-state index contributed by atoms with van der Waals surface area (Å²) < 4.78 is 13.2. The van der Waals surface area contributed by atoms with Crippen LogP contribution in [0.25, 0.3) is 6.08 Å². The number of unbranched alkanes of at least 4 members (excludes halogenated alkanes) is 1. The number of allylic oxidation sites excluding steroid dienone is 1. The number of carboxylic acids is 1. The lowest BCUT2D eigenvalue weighted by molar-refractivity contribution is -0.136. The van der Waals surface area contributed by atoms with Crippen molar-refractivity contribution in [2.24, 2.45) is 0 Å². The highest BCUT2D eigenvalue weighted by atomic mass is 19.1. The van der Waals surface area contributed by atoms with Crippen LogP contribution in [0.4, 0.5) is 4.39 Å². The second-order valence-corrected chi connectivity index (χ2v) is 3.61. The SMILES string of the molecule is CCC/C=C/c1ccc(F)c(CC(=O)O)c1. The number of carbonyl (C=O) groups is 1. The van der Waals surface area contributed by atoms with Crippen LogP contribution in [-0.2, 0) is 11.2 Å². The van der Waals surface area contributed by atoms with Crippen molar-refractivity contribution in [3.8, 4) is 0 Å². The van der Waals surface area contributed by atoms with Gasteiger partial charge in [0.05, 0.1) is 6.42 Å². The van der Waals surface area contributed by atoms with Crippen LogP contribution in [0, 0.1) is 5.82 Å². The third-order valence-corrected chi connectivity index (χ3v) is 2.18. The van der Waals surface area contributed by atoms with Gasteiger partial charge in [0.1, 0.15) is 5.82 Å². The number of hydrogen-bond acceptors (Lipinski definition) is 1. The maximum absolute atomic E-state index is 13.2. The predicted molar refractivity (Wildman–Crippen MR) is 61.7 cm³/mol. The molecule has 1 aromatic rings. The molecule has 0 atom stereocenters.